The second-order valence-electron chi connectivity index (χ2n) is 1.85. The van der Waals surface area contributed by atoms with Crippen LogP contribution in [0.15, 0.2) is 0 Å². The quantitative estimate of drug-likeness (QED) is 0.470. The molecule has 0 aliphatic carbocycles. The summed E-state index contributed by atoms with van der Waals surface area (Å²) < 4.78 is 0. The fourth-order valence-electron chi connectivity index (χ4n) is 0.571. The van der Waals surface area contributed by atoms with Crippen molar-refractivity contribution in [2.75, 3.05) is 6.54 Å². The number of hydrogen-bond acceptors (Lipinski definition) is 1. The number of unbranched alkanes of at least 4 members (excludes halogenated alkanes) is 3. The van der Waals surface area contributed by atoms with E-state index < -0.39 is 0 Å². The van der Waals surface area contributed by atoms with Crippen molar-refractivity contribution in [2.24, 2.45) is 5.73 Å². The lowest BCUT2D eigenvalue weighted by atomic mass is 10.2. The van der Waals surface area contributed by atoms with Crippen LogP contribution in [0.2, 0.25) is 0 Å². The van der Waals surface area contributed by atoms with Crippen LogP contribution in [-0.2, 0) is 0 Å². The smallest absolute Gasteiger partial charge is 0.00773 e. The molecule has 1 nitrogen and oxygen atoms in total. The third kappa shape index (κ3) is 9.54. The molecular formula is C6H15ClN-. The minimum Gasteiger partial charge on any atom is -1.00 e. The van der Waals surface area contributed by atoms with Gasteiger partial charge in [0.25, 0.3) is 0 Å². The lowest BCUT2D eigenvalue weighted by molar-refractivity contribution is -0.00000173. The number of nitrogens with two attached hydrogens (primary N) is 1. The Labute approximate surface area is 58.1 Å². The zero-order valence-corrected chi connectivity index (χ0v) is 6.25. The van der Waals surface area contributed by atoms with E-state index in [0.717, 1.165) is 6.54 Å². The van der Waals surface area contributed by atoms with E-state index in [4.69, 9.17) is 5.73 Å². The minimum absolute atomic E-state index is 0. The Morgan fingerprint density at radius 3 is 2.12 bits per heavy atom. The zero-order valence-electron chi connectivity index (χ0n) is 5.49. The molecular weight excluding hydrogens is 122 g/mol. The predicted octanol–water partition coefficient (Wildman–Crippen LogP) is -1.47. The Kier molecular flexibility index (Phi) is 14.3. The molecule has 0 radical (unpaired) electrons. The molecule has 2 heteroatoms. The molecule has 2 N–H and O–H groups in total. The van der Waals surface area contributed by atoms with Crippen LogP contribution in [0, 0.1) is 0 Å². The summed E-state index contributed by atoms with van der Waals surface area (Å²) in [5.74, 6) is 0. The molecule has 0 saturated carbocycles. The van der Waals surface area contributed by atoms with Gasteiger partial charge in [0, 0.05) is 0 Å². The molecule has 0 aromatic heterocycles. The highest BCUT2D eigenvalue weighted by Crippen LogP contribution is 1.95. The second-order valence-corrected chi connectivity index (χ2v) is 1.85. The highest BCUT2D eigenvalue weighted by molar-refractivity contribution is 4.38. The summed E-state index contributed by atoms with van der Waals surface area (Å²) in [7, 11) is 0. The first-order valence-corrected chi connectivity index (χ1v) is 3.12. The molecule has 52 valence electrons. The van der Waals surface area contributed by atoms with E-state index >= 15 is 0 Å². The Balaban J connectivity index is 0. The molecule has 0 bridgehead atoms. The Morgan fingerprint density at radius 1 is 1.12 bits per heavy atom. The van der Waals surface area contributed by atoms with Crippen molar-refractivity contribution in [3.05, 3.63) is 0 Å². The Morgan fingerprint density at radius 2 is 1.75 bits per heavy atom. The van der Waals surface area contributed by atoms with Crippen LogP contribution >= 0.6 is 0 Å². The first-order chi connectivity index (χ1) is 3.41. The van der Waals surface area contributed by atoms with E-state index in [9.17, 15) is 0 Å². The second kappa shape index (κ2) is 10.3. The van der Waals surface area contributed by atoms with Gasteiger partial charge in [-0.1, -0.05) is 26.2 Å². The minimum atomic E-state index is 0. The van der Waals surface area contributed by atoms with Crippen LogP contribution in [0.25, 0.3) is 0 Å². The average molecular weight is 137 g/mol. The molecule has 0 heterocycles. The van der Waals surface area contributed by atoms with Crippen molar-refractivity contribution in [1.82, 2.24) is 0 Å². The summed E-state index contributed by atoms with van der Waals surface area (Å²) in [6, 6.07) is 0. The SMILES string of the molecule is CCCCCCN.[Cl-]. The molecule has 0 aliphatic heterocycles. The standard InChI is InChI=1S/C6H15N.ClH/c1-2-3-4-5-6-7;/h2-7H2,1H3;1H/p-1. The van der Waals surface area contributed by atoms with Crippen molar-refractivity contribution < 1.29 is 12.4 Å². The maximum Gasteiger partial charge on any atom is -0.00773 e. The van der Waals surface area contributed by atoms with Gasteiger partial charge in [-0.25, -0.2) is 0 Å². The fourth-order valence-corrected chi connectivity index (χ4v) is 0.571. The molecule has 0 spiro atoms. The molecule has 0 aliphatic rings. The highest BCUT2D eigenvalue weighted by Gasteiger charge is 1.80. The van der Waals surface area contributed by atoms with Crippen LogP contribution in [0.3, 0.4) is 0 Å². The van der Waals surface area contributed by atoms with Crippen molar-refractivity contribution in [3.63, 3.8) is 0 Å². The van der Waals surface area contributed by atoms with Crippen molar-refractivity contribution in [2.45, 2.75) is 32.6 Å². The molecule has 0 unspecified atom stereocenters. The summed E-state index contributed by atoms with van der Waals surface area (Å²) in [4.78, 5) is 0. The van der Waals surface area contributed by atoms with E-state index in [2.05, 4.69) is 6.92 Å². The maximum atomic E-state index is 5.27. The van der Waals surface area contributed by atoms with Gasteiger partial charge in [-0.3, -0.25) is 0 Å². The van der Waals surface area contributed by atoms with E-state index in [1.165, 1.54) is 25.7 Å². The normalized spacial score (nSPS) is 8.25. The van der Waals surface area contributed by atoms with Gasteiger partial charge in [0.15, 0.2) is 0 Å². The van der Waals surface area contributed by atoms with E-state index in [1.807, 2.05) is 0 Å². The number of halogens is 1. The highest BCUT2D eigenvalue weighted by atomic mass is 35.5. The fraction of sp³-hybridized carbons (Fsp3) is 1.00. The first kappa shape index (κ1) is 11.1. The summed E-state index contributed by atoms with van der Waals surface area (Å²) in [5, 5.41) is 0. The van der Waals surface area contributed by atoms with Crippen LogP contribution in [0.1, 0.15) is 32.6 Å². The van der Waals surface area contributed by atoms with E-state index in [0.29, 0.717) is 0 Å². The van der Waals surface area contributed by atoms with Crippen molar-refractivity contribution >= 4 is 0 Å². The molecule has 8 heavy (non-hydrogen) atoms. The maximum absolute atomic E-state index is 5.27. The van der Waals surface area contributed by atoms with Gasteiger partial charge < -0.3 is 18.1 Å². The lowest BCUT2D eigenvalue weighted by Crippen LogP contribution is -3.00. The lowest BCUT2D eigenvalue weighted by Gasteiger charge is -1.90. The van der Waals surface area contributed by atoms with Crippen molar-refractivity contribution in [1.29, 1.82) is 0 Å². The van der Waals surface area contributed by atoms with Gasteiger partial charge >= 0.3 is 0 Å². The molecule has 0 saturated heterocycles. The summed E-state index contributed by atoms with van der Waals surface area (Å²) in [6.07, 6.45) is 5.16. The largest absolute Gasteiger partial charge is 1.00 e. The number of hydrogen-bond donors (Lipinski definition) is 1. The van der Waals surface area contributed by atoms with E-state index in [-0.39, 0.29) is 12.4 Å². The summed E-state index contributed by atoms with van der Waals surface area (Å²) in [6.45, 7) is 3.07. The summed E-state index contributed by atoms with van der Waals surface area (Å²) in [5.41, 5.74) is 5.27. The topological polar surface area (TPSA) is 26.0 Å². The van der Waals surface area contributed by atoms with Crippen molar-refractivity contribution in [3.8, 4) is 0 Å². The first-order valence-electron chi connectivity index (χ1n) is 3.12. The average Bonchev–Trinajstić information content (AvgIpc) is 1.69. The van der Waals surface area contributed by atoms with Gasteiger partial charge in [0.1, 0.15) is 0 Å². The Bertz CT molecular complexity index is 27.7. The molecule has 0 amide bonds. The number of rotatable bonds is 4. The molecule has 0 fully saturated rings. The van der Waals surface area contributed by atoms with Gasteiger partial charge in [0.2, 0.25) is 0 Å². The van der Waals surface area contributed by atoms with Crippen LogP contribution in [0.4, 0.5) is 0 Å². The third-order valence-corrected chi connectivity index (χ3v) is 1.06. The predicted molar refractivity (Wildman–Crippen MR) is 33.2 cm³/mol. The van der Waals surface area contributed by atoms with Crippen LogP contribution in [-0.4, -0.2) is 6.54 Å². The molecule has 0 aromatic rings. The monoisotopic (exact) mass is 136 g/mol. The molecule has 0 rings (SSSR count). The summed E-state index contributed by atoms with van der Waals surface area (Å²) >= 11 is 0. The molecule has 0 atom stereocenters. The zero-order chi connectivity index (χ0) is 5.54. The third-order valence-electron chi connectivity index (χ3n) is 1.06. The van der Waals surface area contributed by atoms with Gasteiger partial charge in [-0.05, 0) is 13.0 Å². The van der Waals surface area contributed by atoms with Gasteiger partial charge in [-0.2, -0.15) is 0 Å². The Hall–Kier alpha value is 0.250. The van der Waals surface area contributed by atoms with E-state index in [1.54, 1.807) is 0 Å². The van der Waals surface area contributed by atoms with Crippen LogP contribution < -0.4 is 18.1 Å². The van der Waals surface area contributed by atoms with Gasteiger partial charge in [0.05, 0.1) is 0 Å². The van der Waals surface area contributed by atoms with Gasteiger partial charge in [-0.15, -0.1) is 0 Å². The van der Waals surface area contributed by atoms with Crippen LogP contribution in [0.5, 0.6) is 0 Å². The molecule has 0 aromatic carbocycles.